The van der Waals surface area contributed by atoms with Gasteiger partial charge in [0.15, 0.2) is 0 Å². The molecule has 0 radical (unpaired) electrons. The highest BCUT2D eigenvalue weighted by Gasteiger charge is 2.40. The summed E-state index contributed by atoms with van der Waals surface area (Å²) in [5, 5.41) is 0.895. The number of hydrogen-bond acceptors (Lipinski definition) is 0. The molecule has 2 aromatic heterocycles. The Labute approximate surface area is 403 Å². The summed E-state index contributed by atoms with van der Waals surface area (Å²) in [6.45, 7) is 0. The number of aromatic nitrogens is 2. The number of fused-ring (bicyclic) bond motifs is 6. The second-order valence-corrected chi connectivity index (χ2v) is 17.2. The normalized spacial score (nSPS) is 13.3. The fraction of sp³-hybridized carbons (Fsp3) is 0.111. The predicted octanol–water partition coefficient (Wildman–Crippen LogP) is 19.0. The SMILES string of the molecule is FC(F)(F)c1cccc(-c2cc(-n3c4ccccc4c4ccc(-c5cc(C(F)(F)F)cc(C(F)(F)F)c5)cc43)c(C(F)(F)F)cc2-n2c3ccccc3c3ccc(-c4cc(C(F)(F)F)cc(C(F)(F)F)c4)cc32)c1. The van der Waals surface area contributed by atoms with Crippen LogP contribution in [0.2, 0.25) is 0 Å². The van der Waals surface area contributed by atoms with Gasteiger partial charge >= 0.3 is 37.1 Å². The molecule has 0 amide bonds. The standard InChI is InChI=1S/C54H26F18N2/c55-49(56,57)32-7-5-6-29(16-32)41-25-48(74-44-11-4-2-9-38(44)40-15-13-28(22-46(40)74)31-19-35(52(64,65)66)24-36(20-31)53(67,68)69)42(54(70,71)72)26-47(41)73-43-10-3-1-8-37(43)39-14-12-27(21-45(39)73)30-17-33(50(58,59)60)23-34(18-30)51(61,62)63/h1-26H. The van der Waals surface area contributed by atoms with Gasteiger partial charge < -0.3 is 9.13 Å². The molecule has 0 bridgehead atoms. The number of hydrogen-bond donors (Lipinski definition) is 0. The smallest absolute Gasteiger partial charge is 0.309 e. The summed E-state index contributed by atoms with van der Waals surface area (Å²) in [5.74, 6) is 0. The van der Waals surface area contributed by atoms with E-state index in [1.54, 1.807) is 0 Å². The summed E-state index contributed by atoms with van der Waals surface area (Å²) in [5.41, 5.74) is -13.4. The molecule has 0 saturated heterocycles. The highest BCUT2D eigenvalue weighted by atomic mass is 19.4. The molecular weight excluding hydrogens is 1020 g/mol. The van der Waals surface area contributed by atoms with Crippen LogP contribution < -0.4 is 0 Å². The average molecular weight is 1040 g/mol. The van der Waals surface area contributed by atoms with E-state index in [1.807, 2.05) is 0 Å². The summed E-state index contributed by atoms with van der Waals surface area (Å²) in [6.07, 6.45) is -31.5. The number of nitrogens with zero attached hydrogens (tertiary/aromatic N) is 2. The predicted molar refractivity (Wildman–Crippen MR) is 241 cm³/mol. The number of benzene rings is 8. The highest BCUT2D eigenvalue weighted by molar-refractivity contribution is 6.12. The molecule has 74 heavy (non-hydrogen) atoms. The lowest BCUT2D eigenvalue weighted by Crippen LogP contribution is -2.13. The molecule has 378 valence electrons. The van der Waals surface area contributed by atoms with Gasteiger partial charge in [-0.05, 0) is 113 Å². The lowest BCUT2D eigenvalue weighted by atomic mass is 9.96. The molecule has 0 N–H and O–H groups in total. The molecule has 10 aromatic rings. The first-order valence-electron chi connectivity index (χ1n) is 21.6. The van der Waals surface area contributed by atoms with Gasteiger partial charge in [0.25, 0.3) is 0 Å². The zero-order chi connectivity index (χ0) is 53.2. The molecule has 2 heterocycles. The Morgan fingerprint density at radius 2 is 0.622 bits per heavy atom. The van der Waals surface area contributed by atoms with Gasteiger partial charge in [-0.3, -0.25) is 0 Å². The summed E-state index contributed by atoms with van der Waals surface area (Å²) in [7, 11) is 0. The Balaban J connectivity index is 1.32. The second kappa shape index (κ2) is 16.8. The van der Waals surface area contributed by atoms with Crippen LogP contribution in [0.15, 0.2) is 158 Å². The first kappa shape index (κ1) is 49.7. The maximum absolute atomic E-state index is 16.1. The van der Waals surface area contributed by atoms with E-state index in [0.717, 1.165) is 34.9 Å². The van der Waals surface area contributed by atoms with Gasteiger partial charge in [0, 0.05) is 27.1 Å². The quantitative estimate of drug-likeness (QED) is 0.152. The summed E-state index contributed by atoms with van der Waals surface area (Å²) < 4.78 is 263. The zero-order valence-electron chi connectivity index (χ0n) is 36.7. The number of para-hydroxylation sites is 2. The van der Waals surface area contributed by atoms with Gasteiger partial charge in [-0.1, -0.05) is 72.8 Å². The van der Waals surface area contributed by atoms with E-state index in [2.05, 4.69) is 0 Å². The zero-order valence-corrected chi connectivity index (χ0v) is 36.7. The van der Waals surface area contributed by atoms with Crippen LogP contribution in [0.1, 0.15) is 33.4 Å². The highest BCUT2D eigenvalue weighted by Crippen LogP contribution is 2.48. The molecule has 0 saturated carbocycles. The van der Waals surface area contributed by atoms with Gasteiger partial charge in [-0.15, -0.1) is 0 Å². The topological polar surface area (TPSA) is 9.86 Å². The molecular formula is C54H26F18N2. The molecule has 0 aliphatic rings. The second-order valence-electron chi connectivity index (χ2n) is 17.2. The van der Waals surface area contributed by atoms with E-state index >= 15 is 13.2 Å². The molecule has 20 heteroatoms. The van der Waals surface area contributed by atoms with Gasteiger partial charge in [-0.2, -0.15) is 79.0 Å². The molecule has 0 atom stereocenters. The summed E-state index contributed by atoms with van der Waals surface area (Å²) in [6, 6.07) is 25.5. The summed E-state index contributed by atoms with van der Waals surface area (Å²) >= 11 is 0. The molecule has 8 aromatic carbocycles. The van der Waals surface area contributed by atoms with Gasteiger partial charge in [0.2, 0.25) is 0 Å². The number of alkyl halides is 18. The van der Waals surface area contributed by atoms with Crippen molar-refractivity contribution in [2.45, 2.75) is 37.1 Å². The molecule has 2 nitrogen and oxygen atoms in total. The average Bonchev–Trinajstić information content (AvgIpc) is 3.83. The third-order valence-electron chi connectivity index (χ3n) is 12.6. The van der Waals surface area contributed by atoms with Crippen molar-refractivity contribution >= 4 is 43.6 Å². The van der Waals surface area contributed by atoms with Crippen molar-refractivity contribution in [3.05, 3.63) is 191 Å². The van der Waals surface area contributed by atoms with Crippen molar-refractivity contribution in [1.82, 2.24) is 9.13 Å². The van der Waals surface area contributed by atoms with Gasteiger partial charge in [-0.25, -0.2) is 0 Å². The third kappa shape index (κ3) is 8.82. The van der Waals surface area contributed by atoms with Crippen LogP contribution in [0, 0.1) is 0 Å². The Morgan fingerprint density at radius 3 is 1.03 bits per heavy atom. The van der Waals surface area contributed by atoms with Crippen molar-refractivity contribution < 1.29 is 79.0 Å². The minimum absolute atomic E-state index is 0.00809. The van der Waals surface area contributed by atoms with Crippen molar-refractivity contribution in [2.75, 3.05) is 0 Å². The minimum Gasteiger partial charge on any atom is -0.309 e. The maximum Gasteiger partial charge on any atom is 0.418 e. The van der Waals surface area contributed by atoms with E-state index in [1.165, 1.54) is 77.4 Å². The monoisotopic (exact) mass is 1040 g/mol. The third-order valence-corrected chi connectivity index (χ3v) is 12.6. The van der Waals surface area contributed by atoms with E-state index < -0.39 is 92.9 Å². The Kier molecular flexibility index (Phi) is 11.3. The number of rotatable bonds is 5. The van der Waals surface area contributed by atoms with Crippen molar-refractivity contribution in [2.24, 2.45) is 0 Å². The van der Waals surface area contributed by atoms with Crippen molar-refractivity contribution in [3.63, 3.8) is 0 Å². The molecule has 0 spiro atoms. The van der Waals surface area contributed by atoms with Gasteiger partial charge in [0.05, 0.1) is 66.8 Å². The van der Waals surface area contributed by atoms with Crippen LogP contribution in [0.5, 0.6) is 0 Å². The Hall–Kier alpha value is -7.90. The largest absolute Gasteiger partial charge is 0.418 e. The Morgan fingerprint density at radius 1 is 0.243 bits per heavy atom. The first-order valence-corrected chi connectivity index (χ1v) is 21.6. The van der Waals surface area contributed by atoms with E-state index in [9.17, 15) is 65.9 Å². The van der Waals surface area contributed by atoms with Crippen LogP contribution in [-0.2, 0) is 37.1 Å². The molecule has 0 aliphatic heterocycles. The van der Waals surface area contributed by atoms with E-state index in [0.29, 0.717) is 47.9 Å². The van der Waals surface area contributed by atoms with Crippen LogP contribution in [0.25, 0.3) is 88.4 Å². The van der Waals surface area contributed by atoms with Crippen LogP contribution in [0.3, 0.4) is 0 Å². The fourth-order valence-corrected chi connectivity index (χ4v) is 9.33. The van der Waals surface area contributed by atoms with Gasteiger partial charge in [0.1, 0.15) is 0 Å². The Bertz CT molecular complexity index is 3810. The van der Waals surface area contributed by atoms with Crippen molar-refractivity contribution in [1.29, 1.82) is 0 Å². The maximum atomic E-state index is 16.1. The first-order chi connectivity index (χ1) is 34.5. The lowest BCUT2D eigenvalue weighted by Gasteiger charge is -2.22. The summed E-state index contributed by atoms with van der Waals surface area (Å²) in [4.78, 5) is 0. The van der Waals surface area contributed by atoms with E-state index in [4.69, 9.17) is 0 Å². The fourth-order valence-electron chi connectivity index (χ4n) is 9.33. The molecule has 0 unspecified atom stereocenters. The molecule has 0 aliphatic carbocycles. The van der Waals surface area contributed by atoms with Crippen LogP contribution in [-0.4, -0.2) is 9.13 Å². The van der Waals surface area contributed by atoms with Crippen molar-refractivity contribution in [3.8, 4) is 44.8 Å². The molecule has 10 rings (SSSR count). The van der Waals surface area contributed by atoms with E-state index in [-0.39, 0.29) is 72.6 Å². The lowest BCUT2D eigenvalue weighted by molar-refractivity contribution is -0.144. The van der Waals surface area contributed by atoms with Crippen LogP contribution in [0.4, 0.5) is 79.0 Å². The number of halogens is 18. The minimum atomic E-state index is -5.38. The van der Waals surface area contributed by atoms with Crippen LogP contribution >= 0.6 is 0 Å². The molecule has 0 fully saturated rings.